The number of anilines is 1. The second-order valence-corrected chi connectivity index (χ2v) is 10.9. The van der Waals surface area contributed by atoms with E-state index in [-0.39, 0.29) is 40.3 Å². The molecule has 0 spiro atoms. The zero-order chi connectivity index (χ0) is 32.1. The van der Waals surface area contributed by atoms with E-state index < -0.39 is 0 Å². The summed E-state index contributed by atoms with van der Waals surface area (Å²) in [5.41, 5.74) is 2.00. The van der Waals surface area contributed by atoms with E-state index in [0.29, 0.717) is 70.7 Å². The number of ketones is 1. The van der Waals surface area contributed by atoms with Gasteiger partial charge in [0.25, 0.3) is 0 Å². The Morgan fingerprint density at radius 3 is 2.29 bits per heavy atom. The van der Waals surface area contributed by atoms with Gasteiger partial charge in [-0.2, -0.15) is 0 Å². The summed E-state index contributed by atoms with van der Waals surface area (Å²) < 4.78 is 33.7. The van der Waals surface area contributed by atoms with Crippen LogP contribution in [-0.2, 0) is 16.1 Å². The normalized spacial score (nSPS) is 15.9. The molecule has 2 atom stereocenters. The second-order valence-electron chi connectivity index (χ2n) is 10.2. The lowest BCUT2D eigenvalue weighted by Gasteiger charge is -2.19. The van der Waals surface area contributed by atoms with Gasteiger partial charge in [0, 0.05) is 41.6 Å². The quantitative estimate of drug-likeness (QED) is 0.166. The molecule has 4 aromatic rings. The Hall–Kier alpha value is -4.32. The molecular formula is C32H32Cl2N4O7. The van der Waals surface area contributed by atoms with Crippen molar-refractivity contribution in [2.45, 2.75) is 19.1 Å². The van der Waals surface area contributed by atoms with E-state index in [1.54, 1.807) is 38.6 Å². The van der Waals surface area contributed by atoms with E-state index in [1.165, 1.54) is 20.3 Å². The van der Waals surface area contributed by atoms with Gasteiger partial charge in [0.1, 0.15) is 35.1 Å². The molecule has 1 fully saturated rings. The van der Waals surface area contributed by atoms with Gasteiger partial charge in [0.2, 0.25) is 11.8 Å². The topological polar surface area (TPSA) is 123 Å². The maximum Gasteiger partial charge on any atom is 0.241 e. The van der Waals surface area contributed by atoms with Gasteiger partial charge >= 0.3 is 0 Å². The van der Waals surface area contributed by atoms with E-state index >= 15 is 0 Å². The van der Waals surface area contributed by atoms with Gasteiger partial charge in [-0.05, 0) is 29.8 Å². The number of carbonyl (C=O) groups excluding carboxylic acids is 1. The van der Waals surface area contributed by atoms with Crippen molar-refractivity contribution in [2.24, 2.45) is 5.92 Å². The summed E-state index contributed by atoms with van der Waals surface area (Å²) in [6.45, 7) is 4.53. The average Bonchev–Trinajstić information content (AvgIpc) is 3.49. The number of nitrogens with zero attached hydrogens (tertiary/aromatic N) is 3. The van der Waals surface area contributed by atoms with Crippen LogP contribution in [0.2, 0.25) is 10.0 Å². The second kappa shape index (κ2) is 14.2. The van der Waals surface area contributed by atoms with Crippen LogP contribution in [-0.4, -0.2) is 68.4 Å². The standard InChI is InChI=1S/C32H32Cl2N4O7/c1-6-20(39)9-19-15-44-16-24(19)37-32-35-13-18-10-23(27-28(33)25(42-4)12-26(43-5)29(27)34)36-31(30(18)38-32)45-14-17-7-21(40-2)11-22(8-17)41-3/h6-8,10-13,19,24H,1,9,14-16H2,2-5H3,(H,35,37,38)/t19-,24+/m0/s1. The fourth-order valence-corrected chi connectivity index (χ4v) is 5.68. The van der Waals surface area contributed by atoms with Crippen LogP contribution in [0.15, 0.2) is 49.2 Å². The maximum absolute atomic E-state index is 12.0. The van der Waals surface area contributed by atoms with Gasteiger partial charge in [-0.1, -0.05) is 29.8 Å². The predicted molar refractivity (Wildman–Crippen MR) is 171 cm³/mol. The van der Waals surface area contributed by atoms with Crippen LogP contribution in [0.1, 0.15) is 12.0 Å². The number of fused-ring (bicyclic) bond motifs is 1. The predicted octanol–water partition coefficient (Wildman–Crippen LogP) is 6.18. The molecule has 3 heterocycles. The number of benzene rings is 2. The molecule has 13 heteroatoms. The van der Waals surface area contributed by atoms with Crippen molar-refractivity contribution in [3.63, 3.8) is 0 Å². The first kappa shape index (κ1) is 32.1. The lowest BCUT2D eigenvalue weighted by Crippen LogP contribution is -2.30. The Balaban J connectivity index is 1.58. The van der Waals surface area contributed by atoms with Crippen LogP contribution in [0.4, 0.5) is 5.95 Å². The number of hydrogen-bond donors (Lipinski definition) is 1. The number of nitrogens with one attached hydrogen (secondary N) is 1. The molecule has 0 radical (unpaired) electrons. The molecule has 1 N–H and O–H groups in total. The van der Waals surface area contributed by atoms with E-state index in [2.05, 4.69) is 16.9 Å². The van der Waals surface area contributed by atoms with Crippen molar-refractivity contribution in [1.82, 2.24) is 15.0 Å². The summed E-state index contributed by atoms with van der Waals surface area (Å²) in [5, 5.41) is 4.42. The van der Waals surface area contributed by atoms with Gasteiger partial charge in [0.05, 0.1) is 63.4 Å². The van der Waals surface area contributed by atoms with Crippen LogP contribution < -0.4 is 29.0 Å². The molecule has 1 saturated heterocycles. The minimum absolute atomic E-state index is 0.0511. The number of pyridine rings is 1. The average molecular weight is 656 g/mol. The van der Waals surface area contributed by atoms with Crippen LogP contribution in [0, 0.1) is 5.92 Å². The Bertz CT molecular complexity index is 1690. The van der Waals surface area contributed by atoms with Gasteiger partial charge in [-0.25, -0.2) is 15.0 Å². The molecule has 1 aliphatic rings. The number of ether oxygens (including phenoxy) is 6. The number of methoxy groups -OCH3 is 4. The molecule has 2 aromatic carbocycles. The van der Waals surface area contributed by atoms with E-state index in [9.17, 15) is 4.79 Å². The molecule has 236 valence electrons. The highest BCUT2D eigenvalue weighted by Crippen LogP contribution is 2.46. The van der Waals surface area contributed by atoms with Crippen molar-refractivity contribution >= 4 is 45.8 Å². The highest BCUT2D eigenvalue weighted by atomic mass is 35.5. The third-order valence-electron chi connectivity index (χ3n) is 7.35. The monoisotopic (exact) mass is 654 g/mol. The first-order valence-electron chi connectivity index (χ1n) is 13.9. The van der Waals surface area contributed by atoms with E-state index in [1.807, 2.05) is 12.1 Å². The largest absolute Gasteiger partial charge is 0.497 e. The van der Waals surface area contributed by atoms with Gasteiger partial charge in [-0.15, -0.1) is 0 Å². The zero-order valence-corrected chi connectivity index (χ0v) is 26.7. The van der Waals surface area contributed by atoms with Gasteiger partial charge in [0.15, 0.2) is 5.78 Å². The van der Waals surface area contributed by atoms with Crippen molar-refractivity contribution < 1.29 is 33.2 Å². The molecule has 0 aliphatic carbocycles. The number of allylic oxidation sites excluding steroid dienone is 1. The Labute approximate surface area is 270 Å². The minimum atomic E-state index is -0.172. The lowest BCUT2D eigenvalue weighted by molar-refractivity contribution is -0.115. The number of rotatable bonds is 13. The Morgan fingerprint density at radius 1 is 0.978 bits per heavy atom. The van der Waals surface area contributed by atoms with Crippen molar-refractivity contribution in [3.05, 3.63) is 64.8 Å². The van der Waals surface area contributed by atoms with Crippen molar-refractivity contribution in [1.29, 1.82) is 0 Å². The number of aromatic nitrogens is 3. The Kier molecular flexibility index (Phi) is 10.1. The highest BCUT2D eigenvalue weighted by Gasteiger charge is 2.30. The molecule has 45 heavy (non-hydrogen) atoms. The third kappa shape index (κ3) is 7.00. The van der Waals surface area contributed by atoms with Crippen LogP contribution in [0.5, 0.6) is 28.9 Å². The summed E-state index contributed by atoms with van der Waals surface area (Å²) in [4.78, 5) is 26.1. The number of halogens is 2. The third-order valence-corrected chi connectivity index (χ3v) is 8.10. The van der Waals surface area contributed by atoms with Gasteiger partial charge < -0.3 is 33.7 Å². The fourth-order valence-electron chi connectivity index (χ4n) is 4.99. The van der Waals surface area contributed by atoms with E-state index in [4.69, 9.17) is 61.6 Å². The zero-order valence-electron chi connectivity index (χ0n) is 25.2. The lowest BCUT2D eigenvalue weighted by atomic mass is 9.97. The summed E-state index contributed by atoms with van der Waals surface area (Å²) >= 11 is 13.5. The SMILES string of the molecule is C=CC(=O)C[C@H]1COC[C@H]1Nc1ncc2cc(-c3c(Cl)c(OC)cc(OC)c3Cl)nc(OCc3cc(OC)cc(OC)c3)c2n1. The smallest absolute Gasteiger partial charge is 0.241 e. The molecule has 0 amide bonds. The number of carbonyl (C=O) groups is 1. The van der Waals surface area contributed by atoms with Crippen LogP contribution >= 0.6 is 23.2 Å². The molecule has 0 bridgehead atoms. The summed E-state index contributed by atoms with van der Waals surface area (Å²) in [6.07, 6.45) is 3.28. The first-order chi connectivity index (χ1) is 21.8. The van der Waals surface area contributed by atoms with Crippen LogP contribution in [0.25, 0.3) is 22.2 Å². The highest BCUT2D eigenvalue weighted by molar-refractivity contribution is 6.41. The van der Waals surface area contributed by atoms with Crippen LogP contribution in [0.3, 0.4) is 0 Å². The summed E-state index contributed by atoms with van der Waals surface area (Å²) in [5.74, 6) is 2.36. The Morgan fingerprint density at radius 2 is 1.67 bits per heavy atom. The molecule has 1 aliphatic heterocycles. The van der Waals surface area contributed by atoms with E-state index in [0.717, 1.165) is 5.56 Å². The first-order valence-corrected chi connectivity index (χ1v) is 14.7. The molecular weight excluding hydrogens is 623 g/mol. The summed E-state index contributed by atoms with van der Waals surface area (Å²) in [6, 6.07) is 8.63. The van der Waals surface area contributed by atoms with Crippen molar-refractivity contribution in [3.8, 4) is 40.1 Å². The molecule has 5 rings (SSSR count). The maximum atomic E-state index is 12.0. The molecule has 0 unspecified atom stereocenters. The fraction of sp³-hybridized carbons (Fsp3) is 0.312. The molecule has 2 aromatic heterocycles. The minimum Gasteiger partial charge on any atom is -0.497 e. The van der Waals surface area contributed by atoms with Crippen molar-refractivity contribution in [2.75, 3.05) is 47.0 Å². The molecule has 0 saturated carbocycles. The molecule has 11 nitrogen and oxygen atoms in total. The van der Waals surface area contributed by atoms with Gasteiger partial charge in [-0.3, -0.25) is 4.79 Å². The number of hydrogen-bond acceptors (Lipinski definition) is 11. The summed E-state index contributed by atoms with van der Waals surface area (Å²) in [7, 11) is 6.15.